The summed E-state index contributed by atoms with van der Waals surface area (Å²) in [5.41, 5.74) is 14.6. The Morgan fingerprint density at radius 3 is 1.77 bits per heavy atom. The molecule has 0 bridgehead atoms. The molecule has 0 saturated carbocycles. The van der Waals surface area contributed by atoms with Crippen LogP contribution in [0.4, 0.5) is 22.7 Å². The zero-order valence-electron chi connectivity index (χ0n) is 42.8. The van der Waals surface area contributed by atoms with Gasteiger partial charge in [-0.3, -0.25) is 7.05 Å². The molecule has 0 spiro atoms. The van der Waals surface area contributed by atoms with Gasteiger partial charge >= 0.3 is 0 Å². The van der Waals surface area contributed by atoms with Gasteiger partial charge in [-0.05, 0) is 96.8 Å². The molecule has 0 aliphatic heterocycles. The first-order chi connectivity index (χ1) is 32.6. The van der Waals surface area contributed by atoms with Crippen LogP contribution in [0.15, 0.2) is 158 Å². The third kappa shape index (κ3) is 10.4. The molecule has 0 unspecified atom stereocenters. The summed E-state index contributed by atoms with van der Waals surface area (Å²) in [6.07, 6.45) is 1.91. The van der Waals surface area contributed by atoms with Gasteiger partial charge in [0.2, 0.25) is 0 Å². The Kier molecular flexibility index (Phi) is 13.6. The van der Waals surface area contributed by atoms with Crippen LogP contribution in [0.5, 0.6) is 11.5 Å². The average molecular weight is 1100 g/mol. The Bertz CT molecular complexity index is 3290. The fourth-order valence-electron chi connectivity index (χ4n) is 8.91. The van der Waals surface area contributed by atoms with E-state index in [9.17, 15) is 0 Å². The molecule has 0 atom stereocenters. The molecule has 0 aliphatic carbocycles. The maximum absolute atomic E-state index is 6.90. The molecule has 0 radical (unpaired) electrons. The number of pyridine rings is 1. The number of para-hydroxylation sites is 1. The normalized spacial score (nSPS) is 12.2. The number of benzene rings is 7. The van der Waals surface area contributed by atoms with E-state index in [0.29, 0.717) is 11.5 Å². The fraction of sp³-hybridized carbons (Fsp3) is 0.250. The number of nitrogens with one attached hydrogen (secondary N) is 1. The van der Waals surface area contributed by atoms with E-state index < -0.39 is 0 Å². The van der Waals surface area contributed by atoms with Crippen molar-refractivity contribution in [3.63, 3.8) is 0 Å². The number of aromatic nitrogens is 2. The van der Waals surface area contributed by atoms with Crippen molar-refractivity contribution in [2.45, 2.75) is 105 Å². The topological polar surface area (TPSA) is 42.3 Å². The quantitative estimate of drug-likeness (QED) is 0.146. The van der Waals surface area contributed by atoms with Crippen LogP contribution in [-0.4, -0.2) is 9.55 Å². The molecule has 0 saturated heterocycles. The first-order valence-electron chi connectivity index (χ1n) is 24.1. The third-order valence-corrected chi connectivity index (χ3v) is 13.2. The molecule has 70 heavy (non-hydrogen) atoms. The number of fused-ring (bicyclic) bond motifs is 3. The SMILES string of the molecule is [CH2-]N(c1[c-]c(Oc2[c-]c3c(cc2)c2cc(-c4ccccc4)ccc2n3-c2cc(C(C)(C)C)ccn2)cc(C(C)(C)C)c1)c1cccc(-c2ccccc2)c1Nc1cc(C(C)(C)C)cc(C(C)(C)C)c1.[Pt]. The Balaban J connectivity index is 0.00000659. The van der Waals surface area contributed by atoms with Gasteiger partial charge in [0.1, 0.15) is 5.82 Å². The Morgan fingerprint density at radius 1 is 0.529 bits per heavy atom. The van der Waals surface area contributed by atoms with Crippen LogP contribution in [0.1, 0.15) is 105 Å². The maximum atomic E-state index is 6.90. The van der Waals surface area contributed by atoms with Crippen molar-refractivity contribution < 1.29 is 25.8 Å². The second-order valence-corrected chi connectivity index (χ2v) is 22.6. The molecule has 5 nitrogen and oxygen atoms in total. The minimum absolute atomic E-state index is 0. The Morgan fingerprint density at radius 2 is 1.14 bits per heavy atom. The van der Waals surface area contributed by atoms with Crippen molar-refractivity contribution in [2.24, 2.45) is 0 Å². The number of anilines is 4. The number of hydrogen-bond donors (Lipinski definition) is 1. The molecule has 7 aromatic carbocycles. The molecule has 360 valence electrons. The van der Waals surface area contributed by atoms with E-state index >= 15 is 0 Å². The van der Waals surface area contributed by atoms with Crippen molar-refractivity contribution in [3.05, 3.63) is 199 Å². The first-order valence-corrected chi connectivity index (χ1v) is 24.1. The summed E-state index contributed by atoms with van der Waals surface area (Å²) in [5, 5.41) is 6.13. The number of rotatable bonds is 9. The monoisotopic (exact) mass is 1100 g/mol. The molecule has 1 N–H and O–H groups in total. The van der Waals surface area contributed by atoms with E-state index in [1.165, 1.54) is 22.3 Å². The van der Waals surface area contributed by atoms with Gasteiger partial charge in [-0.25, -0.2) is 4.98 Å². The summed E-state index contributed by atoms with van der Waals surface area (Å²) < 4.78 is 9.12. The second kappa shape index (κ2) is 19.1. The minimum atomic E-state index is -0.215. The third-order valence-electron chi connectivity index (χ3n) is 13.2. The number of nitrogens with zero attached hydrogens (tertiary/aromatic N) is 3. The van der Waals surface area contributed by atoms with Gasteiger partial charge < -0.3 is 19.5 Å². The van der Waals surface area contributed by atoms with Crippen molar-refractivity contribution in [1.29, 1.82) is 0 Å². The number of ether oxygens (including phenoxy) is 1. The summed E-state index contributed by atoms with van der Waals surface area (Å²) >= 11 is 0. The molecule has 2 aromatic heterocycles. The van der Waals surface area contributed by atoms with Gasteiger partial charge in [-0.1, -0.05) is 180 Å². The van der Waals surface area contributed by atoms with E-state index in [2.05, 4.69) is 251 Å². The van der Waals surface area contributed by atoms with Crippen LogP contribution in [0.25, 0.3) is 49.9 Å². The van der Waals surface area contributed by atoms with Gasteiger partial charge in [0.15, 0.2) is 0 Å². The molecule has 2 heterocycles. The Hall–Kier alpha value is -6.42. The molecule has 0 aliphatic rings. The minimum Gasteiger partial charge on any atom is -0.515 e. The zero-order chi connectivity index (χ0) is 49.0. The maximum Gasteiger partial charge on any atom is 0.135 e. The van der Waals surface area contributed by atoms with Crippen molar-refractivity contribution in [3.8, 4) is 39.6 Å². The predicted molar refractivity (Wildman–Crippen MR) is 292 cm³/mol. The summed E-state index contributed by atoms with van der Waals surface area (Å²) in [4.78, 5) is 6.94. The van der Waals surface area contributed by atoms with Crippen LogP contribution in [0.3, 0.4) is 0 Å². The van der Waals surface area contributed by atoms with Gasteiger partial charge in [-0.15, -0.1) is 47.0 Å². The van der Waals surface area contributed by atoms with E-state index in [4.69, 9.17) is 16.8 Å². The zero-order valence-corrected chi connectivity index (χ0v) is 45.1. The van der Waals surface area contributed by atoms with Crippen molar-refractivity contribution in [2.75, 3.05) is 10.2 Å². The van der Waals surface area contributed by atoms with E-state index in [0.717, 1.165) is 72.6 Å². The van der Waals surface area contributed by atoms with Crippen LogP contribution in [0, 0.1) is 19.2 Å². The van der Waals surface area contributed by atoms with Crippen LogP contribution >= 0.6 is 0 Å². The van der Waals surface area contributed by atoms with Gasteiger partial charge in [-0.2, -0.15) is 6.07 Å². The van der Waals surface area contributed by atoms with Crippen LogP contribution in [0.2, 0.25) is 0 Å². The van der Waals surface area contributed by atoms with E-state index in [1.807, 2.05) is 17.2 Å². The summed E-state index contributed by atoms with van der Waals surface area (Å²) in [6, 6.07) is 61.2. The molecule has 0 amide bonds. The smallest absolute Gasteiger partial charge is 0.135 e. The summed E-state index contributed by atoms with van der Waals surface area (Å²) in [7, 11) is 4.75. The summed E-state index contributed by atoms with van der Waals surface area (Å²) in [6.45, 7) is 27.0. The van der Waals surface area contributed by atoms with Crippen LogP contribution < -0.4 is 15.0 Å². The summed E-state index contributed by atoms with van der Waals surface area (Å²) in [5.74, 6) is 1.99. The van der Waals surface area contributed by atoms with Crippen molar-refractivity contribution in [1.82, 2.24) is 9.55 Å². The van der Waals surface area contributed by atoms with Crippen molar-refractivity contribution >= 4 is 44.6 Å². The molecular weight excluding hydrogens is 1040 g/mol. The number of hydrogen-bond acceptors (Lipinski definition) is 4. The van der Waals surface area contributed by atoms with Gasteiger partial charge in [0, 0.05) is 61.2 Å². The predicted octanol–water partition coefficient (Wildman–Crippen LogP) is 17.8. The largest absolute Gasteiger partial charge is 0.515 e. The first kappa shape index (κ1) is 50.0. The van der Waals surface area contributed by atoms with E-state index in [-0.39, 0.29) is 42.7 Å². The standard InChI is InChI=1S/C64H65N4O.Pt/c1-61(2,3)45-31-32-65-59(39-45)68-56-30-27-44(42-21-16-14-17-22-42)33-55(56)54-29-28-51(41-58(54)68)69-52-38-48(64(10,11)12)37-50(40-52)67(13)57-26-20-25-53(43-23-18-15-19-24-43)60(57)66-49-35-46(62(4,5)6)34-47(36-49)63(7,8)9;/h14-39,66H,13H2,1-12H3;/q-3;. The molecule has 9 rings (SSSR count). The molecular formula is C64H65N4OPt-3. The van der Waals surface area contributed by atoms with E-state index in [1.54, 1.807) is 0 Å². The van der Waals surface area contributed by atoms with Gasteiger partial charge in [0.05, 0.1) is 5.69 Å². The molecule has 6 heteroatoms. The fourth-order valence-corrected chi connectivity index (χ4v) is 8.91. The van der Waals surface area contributed by atoms with Gasteiger partial charge in [0.25, 0.3) is 0 Å². The van der Waals surface area contributed by atoms with Crippen LogP contribution in [-0.2, 0) is 42.7 Å². The second-order valence-electron chi connectivity index (χ2n) is 22.6. The Labute approximate surface area is 431 Å². The molecule has 9 aromatic rings. The average Bonchev–Trinajstić information content (AvgIpc) is 3.63. The molecule has 0 fully saturated rings.